The van der Waals surface area contributed by atoms with Crippen LogP contribution in [0.1, 0.15) is 53.6 Å². The highest BCUT2D eigenvalue weighted by molar-refractivity contribution is 6.02. The van der Waals surface area contributed by atoms with Gasteiger partial charge in [-0.2, -0.15) is 0 Å². The van der Waals surface area contributed by atoms with E-state index in [1.165, 1.54) is 11.1 Å². The maximum atomic E-state index is 13.0. The molecular weight excluding hydrogens is 300 g/mol. The molecule has 2 heterocycles. The average molecular weight is 326 g/mol. The smallest absolute Gasteiger partial charge is 0.227 e. The number of hydrogen-bond acceptors (Lipinski definition) is 3. The SMILES string of the molecule is CNCC1CCC(C(=O)c2cc3c4c(c2)CCN4C(=O)CC3)CC1. The lowest BCUT2D eigenvalue weighted by Crippen LogP contribution is -2.33. The quantitative estimate of drug-likeness (QED) is 0.866. The molecule has 1 aliphatic carbocycles. The predicted molar refractivity (Wildman–Crippen MR) is 94.5 cm³/mol. The van der Waals surface area contributed by atoms with Gasteiger partial charge in [0.25, 0.3) is 0 Å². The predicted octanol–water partition coefficient (Wildman–Crippen LogP) is 2.73. The van der Waals surface area contributed by atoms with Crippen LogP contribution in [0.3, 0.4) is 0 Å². The van der Waals surface area contributed by atoms with Crippen LogP contribution in [0.15, 0.2) is 12.1 Å². The number of anilines is 1. The van der Waals surface area contributed by atoms with Gasteiger partial charge in [0, 0.05) is 24.4 Å². The molecule has 1 saturated carbocycles. The Hall–Kier alpha value is -1.68. The number of carbonyl (C=O) groups is 2. The minimum atomic E-state index is 0.186. The molecule has 1 N–H and O–H groups in total. The van der Waals surface area contributed by atoms with E-state index in [-0.39, 0.29) is 11.8 Å². The summed E-state index contributed by atoms with van der Waals surface area (Å²) in [5.74, 6) is 1.47. The first-order valence-corrected chi connectivity index (χ1v) is 9.32. The van der Waals surface area contributed by atoms with E-state index in [0.29, 0.717) is 12.2 Å². The second kappa shape index (κ2) is 6.32. The standard InChI is InChI=1S/C20H26N2O2/c1-21-12-13-2-4-14(5-3-13)20(24)17-10-15-6-7-18(23)22-9-8-16(11-17)19(15)22/h10-11,13-14,21H,2-9,12H2,1H3. The van der Waals surface area contributed by atoms with Gasteiger partial charge < -0.3 is 10.2 Å². The highest BCUT2D eigenvalue weighted by atomic mass is 16.2. The molecule has 1 fully saturated rings. The Morgan fingerprint density at radius 1 is 1.12 bits per heavy atom. The van der Waals surface area contributed by atoms with Gasteiger partial charge in [-0.1, -0.05) is 0 Å². The van der Waals surface area contributed by atoms with E-state index in [4.69, 9.17) is 0 Å². The van der Waals surface area contributed by atoms with Gasteiger partial charge in [0.15, 0.2) is 5.78 Å². The molecule has 3 aliphatic rings. The molecule has 0 spiro atoms. The van der Waals surface area contributed by atoms with E-state index in [1.807, 2.05) is 11.9 Å². The molecule has 4 nitrogen and oxygen atoms in total. The van der Waals surface area contributed by atoms with Crippen molar-refractivity contribution in [3.8, 4) is 0 Å². The molecule has 4 heteroatoms. The average Bonchev–Trinajstić information content (AvgIpc) is 3.04. The second-order valence-corrected chi connectivity index (χ2v) is 7.58. The number of Topliss-reactive ketones (excluding diaryl/α,β-unsaturated/α-hetero) is 1. The van der Waals surface area contributed by atoms with Crippen molar-refractivity contribution in [3.63, 3.8) is 0 Å². The molecule has 0 bridgehead atoms. The zero-order valence-corrected chi connectivity index (χ0v) is 14.4. The highest BCUT2D eigenvalue weighted by Gasteiger charge is 2.33. The largest absolute Gasteiger partial charge is 0.319 e. The fourth-order valence-electron chi connectivity index (χ4n) is 4.75. The lowest BCUT2D eigenvalue weighted by Gasteiger charge is -2.28. The fourth-order valence-corrected chi connectivity index (χ4v) is 4.75. The topological polar surface area (TPSA) is 49.4 Å². The van der Waals surface area contributed by atoms with E-state index < -0.39 is 0 Å². The molecule has 1 aromatic rings. The van der Waals surface area contributed by atoms with E-state index in [0.717, 1.165) is 68.8 Å². The fraction of sp³-hybridized carbons (Fsp3) is 0.600. The zero-order chi connectivity index (χ0) is 16.7. The van der Waals surface area contributed by atoms with Crippen molar-refractivity contribution in [2.45, 2.75) is 44.9 Å². The summed E-state index contributed by atoms with van der Waals surface area (Å²) in [7, 11) is 2.00. The third kappa shape index (κ3) is 2.67. The molecule has 0 saturated heterocycles. The highest BCUT2D eigenvalue weighted by Crippen LogP contribution is 2.39. The van der Waals surface area contributed by atoms with E-state index in [2.05, 4.69) is 17.4 Å². The minimum absolute atomic E-state index is 0.186. The van der Waals surface area contributed by atoms with Crippen molar-refractivity contribution in [1.82, 2.24) is 5.32 Å². The lowest BCUT2D eigenvalue weighted by molar-refractivity contribution is -0.118. The van der Waals surface area contributed by atoms with Crippen molar-refractivity contribution in [3.05, 3.63) is 28.8 Å². The molecule has 0 radical (unpaired) electrons. The molecule has 1 aromatic carbocycles. The van der Waals surface area contributed by atoms with Crippen LogP contribution in [-0.2, 0) is 17.6 Å². The second-order valence-electron chi connectivity index (χ2n) is 7.58. The number of benzene rings is 1. The summed E-state index contributed by atoms with van der Waals surface area (Å²) in [6, 6.07) is 4.14. The van der Waals surface area contributed by atoms with Gasteiger partial charge in [-0.25, -0.2) is 0 Å². The Morgan fingerprint density at radius 2 is 1.83 bits per heavy atom. The molecule has 24 heavy (non-hydrogen) atoms. The Labute approximate surface area is 143 Å². The molecule has 1 amide bonds. The van der Waals surface area contributed by atoms with Gasteiger partial charge in [0.2, 0.25) is 5.91 Å². The van der Waals surface area contributed by atoms with E-state index in [1.54, 1.807) is 0 Å². The number of ketones is 1. The van der Waals surface area contributed by atoms with Gasteiger partial charge in [0.05, 0.1) is 5.69 Å². The summed E-state index contributed by atoms with van der Waals surface area (Å²) >= 11 is 0. The van der Waals surface area contributed by atoms with Crippen LogP contribution in [0, 0.1) is 11.8 Å². The molecule has 0 unspecified atom stereocenters. The van der Waals surface area contributed by atoms with Crippen molar-refractivity contribution in [2.75, 3.05) is 25.0 Å². The minimum Gasteiger partial charge on any atom is -0.319 e. The number of hydrogen-bond donors (Lipinski definition) is 1. The Bertz CT molecular complexity index is 674. The normalized spacial score (nSPS) is 25.7. The van der Waals surface area contributed by atoms with Crippen LogP contribution in [0.5, 0.6) is 0 Å². The molecule has 0 aromatic heterocycles. The third-order valence-corrected chi connectivity index (χ3v) is 6.05. The molecular formula is C20H26N2O2. The lowest BCUT2D eigenvalue weighted by atomic mass is 9.78. The summed E-state index contributed by atoms with van der Waals surface area (Å²) in [4.78, 5) is 26.9. The monoisotopic (exact) mass is 326 g/mol. The molecule has 0 atom stereocenters. The van der Waals surface area contributed by atoms with Gasteiger partial charge in [-0.15, -0.1) is 0 Å². The zero-order valence-electron chi connectivity index (χ0n) is 14.4. The number of amides is 1. The molecule has 2 aliphatic heterocycles. The number of carbonyl (C=O) groups excluding carboxylic acids is 2. The van der Waals surface area contributed by atoms with Crippen LogP contribution in [-0.4, -0.2) is 31.8 Å². The molecule has 128 valence electrons. The van der Waals surface area contributed by atoms with Crippen LogP contribution in [0.25, 0.3) is 0 Å². The first-order chi connectivity index (χ1) is 11.7. The summed E-state index contributed by atoms with van der Waals surface area (Å²) in [5, 5.41) is 3.25. The van der Waals surface area contributed by atoms with Crippen LogP contribution >= 0.6 is 0 Å². The van der Waals surface area contributed by atoms with E-state index >= 15 is 0 Å². The third-order valence-electron chi connectivity index (χ3n) is 6.05. The summed E-state index contributed by atoms with van der Waals surface area (Å²) in [6.07, 6.45) is 6.59. The van der Waals surface area contributed by atoms with Crippen LogP contribution < -0.4 is 10.2 Å². The van der Waals surface area contributed by atoms with Crippen molar-refractivity contribution < 1.29 is 9.59 Å². The maximum absolute atomic E-state index is 13.0. The molecule has 4 rings (SSSR count). The van der Waals surface area contributed by atoms with Gasteiger partial charge in [0.1, 0.15) is 0 Å². The first-order valence-electron chi connectivity index (χ1n) is 9.32. The summed E-state index contributed by atoms with van der Waals surface area (Å²) in [6.45, 7) is 1.85. The Morgan fingerprint density at radius 3 is 2.54 bits per heavy atom. The first kappa shape index (κ1) is 15.8. The number of nitrogens with one attached hydrogen (secondary N) is 1. The van der Waals surface area contributed by atoms with Crippen molar-refractivity contribution in [2.24, 2.45) is 11.8 Å². The van der Waals surface area contributed by atoms with Crippen LogP contribution in [0.4, 0.5) is 5.69 Å². The van der Waals surface area contributed by atoms with Gasteiger partial charge >= 0.3 is 0 Å². The van der Waals surface area contributed by atoms with Crippen molar-refractivity contribution in [1.29, 1.82) is 0 Å². The van der Waals surface area contributed by atoms with Crippen LogP contribution in [0.2, 0.25) is 0 Å². The number of aryl methyl sites for hydroxylation is 1. The van der Waals surface area contributed by atoms with Gasteiger partial charge in [-0.3, -0.25) is 9.59 Å². The number of nitrogens with zero attached hydrogens (tertiary/aromatic N) is 1. The number of rotatable bonds is 4. The maximum Gasteiger partial charge on any atom is 0.227 e. The Kier molecular flexibility index (Phi) is 4.17. The summed E-state index contributed by atoms with van der Waals surface area (Å²) in [5.41, 5.74) is 4.40. The Balaban J connectivity index is 1.54. The summed E-state index contributed by atoms with van der Waals surface area (Å²) < 4.78 is 0. The van der Waals surface area contributed by atoms with Crippen molar-refractivity contribution >= 4 is 17.4 Å². The van der Waals surface area contributed by atoms with Gasteiger partial charge in [-0.05, 0) is 81.3 Å². The van der Waals surface area contributed by atoms with E-state index in [9.17, 15) is 9.59 Å².